The van der Waals surface area contributed by atoms with Crippen LogP contribution >= 0.6 is 0 Å². The van der Waals surface area contributed by atoms with Crippen molar-refractivity contribution >= 4 is 11.7 Å². The fourth-order valence-corrected chi connectivity index (χ4v) is 1.97. The Balaban J connectivity index is 2.07. The zero-order valence-electron chi connectivity index (χ0n) is 9.10. The summed E-state index contributed by atoms with van der Waals surface area (Å²) in [5.41, 5.74) is 7.25. The molecular weight excluding hydrogens is 204 g/mol. The summed E-state index contributed by atoms with van der Waals surface area (Å²) in [5, 5.41) is 8.79. The van der Waals surface area contributed by atoms with Crippen LogP contribution in [0.3, 0.4) is 0 Å². The number of hydrogen-bond donors (Lipinski definition) is 2. The highest BCUT2D eigenvalue weighted by Gasteiger charge is 2.16. The summed E-state index contributed by atoms with van der Waals surface area (Å²) < 4.78 is 0. The summed E-state index contributed by atoms with van der Waals surface area (Å²) >= 11 is 0. The third-order valence-corrected chi connectivity index (χ3v) is 3.02. The van der Waals surface area contributed by atoms with Gasteiger partial charge in [0.05, 0.1) is 5.56 Å². The largest absolute Gasteiger partial charge is 0.478 e. The van der Waals surface area contributed by atoms with E-state index < -0.39 is 5.97 Å². The van der Waals surface area contributed by atoms with E-state index in [1.54, 1.807) is 12.1 Å². The molecule has 86 valence electrons. The van der Waals surface area contributed by atoms with E-state index in [9.17, 15) is 4.79 Å². The molecular formula is C12H16N2O2. The SMILES string of the molecule is NC1CCN(c2ccc(C(=O)O)cc2)CC1. The summed E-state index contributed by atoms with van der Waals surface area (Å²) in [7, 11) is 0. The minimum atomic E-state index is -0.882. The van der Waals surface area contributed by atoms with E-state index in [1.807, 2.05) is 12.1 Å². The quantitative estimate of drug-likeness (QED) is 0.788. The van der Waals surface area contributed by atoms with Gasteiger partial charge in [-0.15, -0.1) is 0 Å². The molecule has 0 amide bonds. The first-order valence-corrected chi connectivity index (χ1v) is 5.50. The fourth-order valence-electron chi connectivity index (χ4n) is 1.97. The topological polar surface area (TPSA) is 66.6 Å². The molecule has 0 radical (unpaired) electrons. The highest BCUT2D eigenvalue weighted by atomic mass is 16.4. The van der Waals surface area contributed by atoms with Crippen molar-refractivity contribution in [3.63, 3.8) is 0 Å². The molecule has 1 fully saturated rings. The molecule has 1 aromatic rings. The number of nitrogens with zero attached hydrogens (tertiary/aromatic N) is 1. The van der Waals surface area contributed by atoms with Crippen molar-refractivity contribution in [2.24, 2.45) is 5.73 Å². The zero-order valence-corrected chi connectivity index (χ0v) is 9.10. The van der Waals surface area contributed by atoms with Crippen LogP contribution in [0.25, 0.3) is 0 Å². The van der Waals surface area contributed by atoms with Gasteiger partial charge in [-0.2, -0.15) is 0 Å². The molecule has 0 unspecified atom stereocenters. The van der Waals surface area contributed by atoms with Crippen molar-refractivity contribution in [3.8, 4) is 0 Å². The molecule has 0 bridgehead atoms. The molecule has 0 aromatic heterocycles. The Bertz CT molecular complexity index is 367. The predicted octanol–water partition coefficient (Wildman–Crippen LogP) is 1.31. The smallest absolute Gasteiger partial charge is 0.335 e. The average Bonchev–Trinajstić information content (AvgIpc) is 2.30. The van der Waals surface area contributed by atoms with Crippen LogP contribution in [-0.4, -0.2) is 30.2 Å². The molecule has 1 heterocycles. The highest BCUT2D eigenvalue weighted by molar-refractivity contribution is 5.88. The van der Waals surface area contributed by atoms with E-state index in [2.05, 4.69) is 4.90 Å². The molecule has 4 heteroatoms. The van der Waals surface area contributed by atoms with Gasteiger partial charge in [0, 0.05) is 24.8 Å². The second-order valence-electron chi connectivity index (χ2n) is 4.18. The molecule has 3 N–H and O–H groups in total. The first kappa shape index (κ1) is 11.0. The van der Waals surface area contributed by atoms with E-state index in [0.29, 0.717) is 11.6 Å². The Morgan fingerprint density at radius 3 is 2.31 bits per heavy atom. The lowest BCUT2D eigenvalue weighted by Crippen LogP contribution is -2.39. The van der Waals surface area contributed by atoms with Gasteiger partial charge in [-0.3, -0.25) is 0 Å². The minimum absolute atomic E-state index is 0.314. The van der Waals surface area contributed by atoms with Gasteiger partial charge in [-0.25, -0.2) is 4.79 Å². The summed E-state index contributed by atoms with van der Waals surface area (Å²) in [6.45, 7) is 1.90. The number of aromatic carboxylic acids is 1. The zero-order chi connectivity index (χ0) is 11.5. The van der Waals surface area contributed by atoms with Crippen LogP contribution < -0.4 is 10.6 Å². The maximum Gasteiger partial charge on any atom is 0.335 e. The van der Waals surface area contributed by atoms with Gasteiger partial charge in [-0.1, -0.05) is 0 Å². The molecule has 0 aliphatic carbocycles. The molecule has 4 nitrogen and oxygen atoms in total. The molecule has 16 heavy (non-hydrogen) atoms. The van der Waals surface area contributed by atoms with Gasteiger partial charge < -0.3 is 15.7 Å². The van der Waals surface area contributed by atoms with E-state index in [0.717, 1.165) is 31.6 Å². The number of hydrogen-bond acceptors (Lipinski definition) is 3. The molecule has 0 spiro atoms. The number of carboxylic acids is 1. The molecule has 1 saturated heterocycles. The van der Waals surface area contributed by atoms with Crippen molar-refractivity contribution in [1.29, 1.82) is 0 Å². The van der Waals surface area contributed by atoms with Gasteiger partial charge in [0.25, 0.3) is 0 Å². The third-order valence-electron chi connectivity index (χ3n) is 3.02. The van der Waals surface area contributed by atoms with Crippen LogP contribution in [0.4, 0.5) is 5.69 Å². The number of carboxylic acid groups (broad SMARTS) is 1. The Morgan fingerprint density at radius 2 is 1.81 bits per heavy atom. The molecule has 0 saturated carbocycles. The average molecular weight is 220 g/mol. The molecule has 0 atom stereocenters. The van der Waals surface area contributed by atoms with Crippen molar-refractivity contribution in [1.82, 2.24) is 0 Å². The number of nitrogens with two attached hydrogens (primary N) is 1. The molecule has 1 aromatic carbocycles. The first-order chi connectivity index (χ1) is 7.66. The molecule has 1 aliphatic heterocycles. The van der Waals surface area contributed by atoms with Crippen molar-refractivity contribution in [3.05, 3.63) is 29.8 Å². The predicted molar refractivity (Wildman–Crippen MR) is 62.8 cm³/mol. The van der Waals surface area contributed by atoms with Crippen molar-refractivity contribution in [2.75, 3.05) is 18.0 Å². The third kappa shape index (κ3) is 2.33. The van der Waals surface area contributed by atoms with Crippen LogP contribution in [0.1, 0.15) is 23.2 Å². The van der Waals surface area contributed by atoms with Crippen molar-refractivity contribution < 1.29 is 9.90 Å². The Morgan fingerprint density at radius 1 is 1.25 bits per heavy atom. The number of benzene rings is 1. The maximum atomic E-state index is 10.7. The number of rotatable bonds is 2. The van der Waals surface area contributed by atoms with Gasteiger partial charge in [0.1, 0.15) is 0 Å². The summed E-state index contributed by atoms with van der Waals surface area (Å²) in [5.74, 6) is -0.882. The normalized spacial score (nSPS) is 17.4. The van der Waals surface area contributed by atoms with Crippen molar-refractivity contribution in [2.45, 2.75) is 18.9 Å². The van der Waals surface area contributed by atoms with Crippen LogP contribution in [0, 0.1) is 0 Å². The Hall–Kier alpha value is -1.55. The molecule has 1 aliphatic rings. The number of piperidine rings is 1. The summed E-state index contributed by atoms with van der Waals surface area (Å²) in [4.78, 5) is 12.9. The monoisotopic (exact) mass is 220 g/mol. The number of carbonyl (C=O) groups is 1. The van der Waals surface area contributed by atoms with Crippen LogP contribution in [0.5, 0.6) is 0 Å². The summed E-state index contributed by atoms with van der Waals surface area (Å²) in [6, 6.07) is 7.33. The lowest BCUT2D eigenvalue weighted by Gasteiger charge is -2.32. The van der Waals surface area contributed by atoms with Gasteiger partial charge >= 0.3 is 5.97 Å². The fraction of sp³-hybridized carbons (Fsp3) is 0.417. The van der Waals surface area contributed by atoms with E-state index >= 15 is 0 Å². The second kappa shape index (κ2) is 4.53. The first-order valence-electron chi connectivity index (χ1n) is 5.50. The van der Waals surface area contributed by atoms with Crippen LogP contribution in [0.15, 0.2) is 24.3 Å². The highest BCUT2D eigenvalue weighted by Crippen LogP contribution is 2.19. The van der Waals surface area contributed by atoms with Crippen LogP contribution in [-0.2, 0) is 0 Å². The van der Waals surface area contributed by atoms with E-state index in [1.165, 1.54) is 0 Å². The standard InChI is InChI=1S/C12H16N2O2/c13-10-5-7-14(8-6-10)11-3-1-9(2-4-11)12(15)16/h1-4,10H,5-8,13H2,(H,15,16). The lowest BCUT2D eigenvalue weighted by atomic mass is 10.1. The summed E-state index contributed by atoms with van der Waals surface area (Å²) in [6.07, 6.45) is 2.00. The van der Waals surface area contributed by atoms with E-state index in [4.69, 9.17) is 10.8 Å². The van der Waals surface area contributed by atoms with Gasteiger partial charge in [0.15, 0.2) is 0 Å². The number of anilines is 1. The van der Waals surface area contributed by atoms with Gasteiger partial charge in [0.2, 0.25) is 0 Å². The molecule has 2 rings (SSSR count). The second-order valence-corrected chi connectivity index (χ2v) is 4.18. The maximum absolute atomic E-state index is 10.7. The van der Waals surface area contributed by atoms with E-state index in [-0.39, 0.29) is 0 Å². The minimum Gasteiger partial charge on any atom is -0.478 e. The Kier molecular flexibility index (Phi) is 3.10. The Labute approximate surface area is 94.7 Å². The lowest BCUT2D eigenvalue weighted by molar-refractivity contribution is 0.0697. The van der Waals surface area contributed by atoms with Gasteiger partial charge in [-0.05, 0) is 37.1 Å². The van der Waals surface area contributed by atoms with Crippen LogP contribution in [0.2, 0.25) is 0 Å².